The van der Waals surface area contributed by atoms with E-state index in [9.17, 15) is 10.1 Å². The number of rotatable bonds is 4. The zero-order chi connectivity index (χ0) is 12.3. The molecule has 1 aromatic heterocycles. The van der Waals surface area contributed by atoms with Gasteiger partial charge in [-0.1, -0.05) is 12.8 Å². The monoisotopic (exact) mass is 316 g/mol. The number of nitrogens with zero attached hydrogens (tertiary/aromatic N) is 2. The van der Waals surface area contributed by atoms with Crippen molar-refractivity contribution >= 4 is 33.5 Å². The molecule has 1 aromatic rings. The summed E-state index contributed by atoms with van der Waals surface area (Å²) in [5, 5.41) is 10.8. The number of hydrogen-bond donors (Lipinski definition) is 0. The van der Waals surface area contributed by atoms with E-state index in [1.165, 1.54) is 31.9 Å². The molecule has 0 unspecified atom stereocenters. The maximum atomic E-state index is 10.8. The van der Waals surface area contributed by atoms with Crippen LogP contribution in [0.5, 0.6) is 0 Å². The highest BCUT2D eigenvalue weighted by atomic mass is 79.9. The second kappa shape index (κ2) is 5.82. The molecule has 1 fully saturated rings. The third-order valence-corrected chi connectivity index (χ3v) is 4.60. The minimum atomic E-state index is -0.413. The molecule has 0 amide bonds. The molecular weight excluding hydrogens is 304 g/mol. The van der Waals surface area contributed by atoms with Gasteiger partial charge in [-0.3, -0.25) is 0 Å². The normalized spacial score (nSPS) is 16.3. The van der Waals surface area contributed by atoms with Gasteiger partial charge in [0.05, 0.1) is 4.47 Å². The first kappa shape index (κ1) is 12.8. The van der Waals surface area contributed by atoms with Gasteiger partial charge in [0, 0.05) is 5.75 Å². The quantitative estimate of drug-likeness (QED) is 0.478. The van der Waals surface area contributed by atoms with Gasteiger partial charge in [0.25, 0.3) is 0 Å². The molecule has 0 atom stereocenters. The van der Waals surface area contributed by atoms with Gasteiger partial charge in [-0.15, -0.1) is 11.8 Å². The van der Waals surface area contributed by atoms with Crippen LogP contribution in [0.15, 0.2) is 21.6 Å². The Morgan fingerprint density at radius 2 is 2.24 bits per heavy atom. The van der Waals surface area contributed by atoms with Crippen LogP contribution in [0.2, 0.25) is 0 Å². The summed E-state index contributed by atoms with van der Waals surface area (Å²) in [5.41, 5.74) is 0. The summed E-state index contributed by atoms with van der Waals surface area (Å²) in [6.45, 7) is 0. The Hall–Kier alpha value is -0.620. The molecule has 0 aliphatic heterocycles. The molecule has 1 aliphatic carbocycles. The first-order valence-electron chi connectivity index (χ1n) is 5.59. The number of hydrogen-bond acceptors (Lipinski definition) is 4. The van der Waals surface area contributed by atoms with Gasteiger partial charge in [-0.2, -0.15) is 0 Å². The Balaban J connectivity index is 2.07. The fourth-order valence-electron chi connectivity index (χ4n) is 2.04. The van der Waals surface area contributed by atoms with E-state index in [2.05, 4.69) is 20.9 Å². The molecule has 0 saturated heterocycles. The van der Waals surface area contributed by atoms with Crippen molar-refractivity contribution in [2.45, 2.75) is 30.6 Å². The van der Waals surface area contributed by atoms with E-state index < -0.39 is 4.92 Å². The lowest BCUT2D eigenvalue weighted by Gasteiger charge is -2.08. The van der Waals surface area contributed by atoms with Crippen LogP contribution < -0.4 is 0 Å². The molecule has 6 heteroatoms. The van der Waals surface area contributed by atoms with Crippen LogP contribution in [0.25, 0.3) is 0 Å². The first-order chi connectivity index (χ1) is 8.16. The molecule has 0 radical (unpaired) electrons. The summed E-state index contributed by atoms with van der Waals surface area (Å²) in [7, 11) is 0. The summed E-state index contributed by atoms with van der Waals surface area (Å²) in [6, 6.07) is 1.78. The molecule has 0 bridgehead atoms. The molecule has 1 saturated carbocycles. The van der Waals surface area contributed by atoms with E-state index in [4.69, 9.17) is 0 Å². The van der Waals surface area contributed by atoms with E-state index >= 15 is 0 Å². The van der Waals surface area contributed by atoms with Crippen molar-refractivity contribution in [2.24, 2.45) is 5.92 Å². The van der Waals surface area contributed by atoms with Gasteiger partial charge >= 0.3 is 5.82 Å². The van der Waals surface area contributed by atoms with Gasteiger partial charge < -0.3 is 10.1 Å². The Kier molecular flexibility index (Phi) is 4.39. The molecule has 1 aliphatic rings. The average molecular weight is 317 g/mol. The van der Waals surface area contributed by atoms with Crippen LogP contribution in [0.4, 0.5) is 5.82 Å². The highest BCUT2D eigenvalue weighted by Crippen LogP contribution is 2.35. The number of pyridine rings is 1. The number of nitro groups is 1. The molecule has 2 rings (SSSR count). The minimum Gasteiger partial charge on any atom is -0.358 e. The van der Waals surface area contributed by atoms with Gasteiger partial charge in [0.2, 0.25) is 0 Å². The molecule has 4 nitrogen and oxygen atoms in total. The Morgan fingerprint density at radius 3 is 2.88 bits per heavy atom. The van der Waals surface area contributed by atoms with Gasteiger partial charge in [0.15, 0.2) is 6.20 Å². The van der Waals surface area contributed by atoms with Crippen LogP contribution in [-0.2, 0) is 0 Å². The minimum absolute atomic E-state index is 0.0313. The average Bonchev–Trinajstić information content (AvgIpc) is 2.78. The molecule has 0 N–H and O–H groups in total. The van der Waals surface area contributed by atoms with E-state index in [0.717, 1.165) is 10.2 Å². The van der Waals surface area contributed by atoms with Crippen LogP contribution in [0.3, 0.4) is 0 Å². The highest BCUT2D eigenvalue weighted by Gasteiger charge is 2.20. The first-order valence-corrected chi connectivity index (χ1v) is 7.37. The summed E-state index contributed by atoms with van der Waals surface area (Å²) >= 11 is 4.85. The van der Waals surface area contributed by atoms with Crippen molar-refractivity contribution in [3.63, 3.8) is 0 Å². The molecule has 17 heavy (non-hydrogen) atoms. The number of thioether (sulfide) groups is 1. The van der Waals surface area contributed by atoms with E-state index in [1.807, 2.05) is 0 Å². The van der Waals surface area contributed by atoms with E-state index in [1.54, 1.807) is 17.8 Å². The number of halogens is 1. The number of aromatic nitrogens is 1. The SMILES string of the molecule is O=[N+]([O-])c1ncc(Br)cc1SCC1CCCC1. The summed E-state index contributed by atoms with van der Waals surface area (Å²) < 4.78 is 0.789. The van der Waals surface area contributed by atoms with Crippen molar-refractivity contribution in [1.29, 1.82) is 0 Å². The lowest BCUT2D eigenvalue weighted by Crippen LogP contribution is -1.99. The zero-order valence-electron chi connectivity index (χ0n) is 9.26. The van der Waals surface area contributed by atoms with Crippen molar-refractivity contribution in [3.8, 4) is 0 Å². The largest absolute Gasteiger partial charge is 0.377 e. The highest BCUT2D eigenvalue weighted by molar-refractivity contribution is 9.10. The fourth-order valence-corrected chi connectivity index (χ4v) is 3.74. The summed E-state index contributed by atoms with van der Waals surface area (Å²) in [6.07, 6.45) is 6.57. The predicted molar refractivity (Wildman–Crippen MR) is 71.3 cm³/mol. The second-order valence-electron chi connectivity index (χ2n) is 4.19. The van der Waals surface area contributed by atoms with Gasteiger partial charge in [-0.05, 0) is 50.7 Å². The topological polar surface area (TPSA) is 56.0 Å². The molecular formula is C11H13BrN2O2S. The Morgan fingerprint density at radius 1 is 1.53 bits per heavy atom. The molecule has 1 heterocycles. The maximum Gasteiger partial charge on any atom is 0.377 e. The summed E-state index contributed by atoms with van der Waals surface area (Å²) in [4.78, 5) is 14.9. The standard InChI is InChI=1S/C11H13BrN2O2S/c12-9-5-10(11(13-6-9)14(15)16)17-7-8-3-1-2-4-8/h5-6,8H,1-4,7H2. The lowest BCUT2D eigenvalue weighted by molar-refractivity contribution is -0.392. The van der Waals surface area contributed by atoms with Crippen LogP contribution in [-0.4, -0.2) is 15.7 Å². The van der Waals surface area contributed by atoms with Crippen molar-refractivity contribution in [1.82, 2.24) is 4.98 Å². The Bertz CT molecular complexity index is 422. The van der Waals surface area contributed by atoms with Gasteiger partial charge in [-0.25, -0.2) is 0 Å². The smallest absolute Gasteiger partial charge is 0.358 e. The third-order valence-electron chi connectivity index (χ3n) is 2.92. The van der Waals surface area contributed by atoms with Crippen molar-refractivity contribution in [3.05, 3.63) is 26.9 Å². The second-order valence-corrected chi connectivity index (χ2v) is 6.17. The van der Waals surface area contributed by atoms with E-state index in [0.29, 0.717) is 10.8 Å². The van der Waals surface area contributed by atoms with Crippen LogP contribution >= 0.6 is 27.7 Å². The molecule has 0 aromatic carbocycles. The molecule has 0 spiro atoms. The third kappa shape index (κ3) is 3.42. The van der Waals surface area contributed by atoms with Crippen molar-refractivity contribution in [2.75, 3.05) is 5.75 Å². The van der Waals surface area contributed by atoms with Crippen molar-refractivity contribution < 1.29 is 4.92 Å². The molecule has 92 valence electrons. The van der Waals surface area contributed by atoms with Crippen LogP contribution in [0.1, 0.15) is 25.7 Å². The van der Waals surface area contributed by atoms with Crippen LogP contribution in [0, 0.1) is 16.0 Å². The Labute approximate surface area is 112 Å². The van der Waals surface area contributed by atoms with E-state index in [-0.39, 0.29) is 5.82 Å². The van der Waals surface area contributed by atoms with Gasteiger partial charge in [0.1, 0.15) is 4.90 Å². The predicted octanol–water partition coefficient (Wildman–Crippen LogP) is 4.03. The summed E-state index contributed by atoms with van der Waals surface area (Å²) in [5.74, 6) is 1.63. The fraction of sp³-hybridized carbons (Fsp3) is 0.545. The zero-order valence-corrected chi connectivity index (χ0v) is 11.7. The lowest BCUT2D eigenvalue weighted by atomic mass is 10.1. The maximum absolute atomic E-state index is 10.8.